The van der Waals surface area contributed by atoms with E-state index in [1.165, 1.54) is 12.8 Å². The first kappa shape index (κ1) is 20.2. The molecule has 2 aromatic heterocycles. The number of nitrogens with one attached hydrogen (secondary N) is 1. The molecule has 1 spiro atoms. The Morgan fingerprint density at radius 2 is 1.81 bits per heavy atom. The number of para-hydroxylation sites is 1. The fraction of sp³-hybridized carbons (Fsp3) is 0.480. The summed E-state index contributed by atoms with van der Waals surface area (Å²) < 4.78 is 0. The number of aryl methyl sites for hydroxylation is 1. The highest BCUT2D eigenvalue weighted by Crippen LogP contribution is 2.41. The van der Waals surface area contributed by atoms with E-state index in [0.29, 0.717) is 5.41 Å². The Bertz CT molecular complexity index is 1040. The number of amides is 1. The molecule has 1 N–H and O–H groups in total. The van der Waals surface area contributed by atoms with Gasteiger partial charge in [-0.1, -0.05) is 19.1 Å². The number of imidazole rings is 1. The summed E-state index contributed by atoms with van der Waals surface area (Å²) in [5.41, 5.74) is 4.04. The molecule has 2 fully saturated rings. The van der Waals surface area contributed by atoms with Crippen LogP contribution in [0.25, 0.3) is 11.0 Å². The molecule has 31 heavy (non-hydrogen) atoms. The molecule has 0 unspecified atom stereocenters. The van der Waals surface area contributed by atoms with Crippen molar-refractivity contribution >= 4 is 16.9 Å². The number of rotatable bonds is 4. The van der Waals surface area contributed by atoms with E-state index in [9.17, 15) is 4.79 Å². The summed E-state index contributed by atoms with van der Waals surface area (Å²) in [5, 5.41) is 0. The highest BCUT2D eigenvalue weighted by Gasteiger charge is 2.38. The molecule has 6 nitrogen and oxygen atoms in total. The minimum atomic E-state index is 0.127. The molecule has 0 bridgehead atoms. The second-order valence-corrected chi connectivity index (χ2v) is 9.13. The number of carbonyl (C=O) groups excluding carboxylic acids is 1. The number of nitrogens with zero attached hydrogens (tertiary/aromatic N) is 4. The quantitative estimate of drug-likeness (QED) is 0.696. The van der Waals surface area contributed by atoms with Crippen LogP contribution in [0.2, 0.25) is 0 Å². The van der Waals surface area contributed by atoms with Crippen LogP contribution in [-0.4, -0.2) is 56.8 Å². The van der Waals surface area contributed by atoms with Crippen LogP contribution < -0.4 is 0 Å². The third-order valence-corrected chi connectivity index (χ3v) is 7.27. The summed E-state index contributed by atoms with van der Waals surface area (Å²) in [4.78, 5) is 30.3. The van der Waals surface area contributed by atoms with Gasteiger partial charge in [-0.3, -0.25) is 14.7 Å². The van der Waals surface area contributed by atoms with E-state index in [-0.39, 0.29) is 5.91 Å². The summed E-state index contributed by atoms with van der Waals surface area (Å²) in [6, 6.07) is 12.0. The second kappa shape index (κ2) is 8.42. The van der Waals surface area contributed by atoms with Crippen LogP contribution in [0.1, 0.15) is 54.5 Å². The SMILES string of the molecule is CCc1nc2c(C(=O)N3CCC4(CCN(Cc5ccccn5)CC4)CC3)cccc2[nH]1. The molecule has 0 atom stereocenters. The topological polar surface area (TPSA) is 65.1 Å². The summed E-state index contributed by atoms with van der Waals surface area (Å²) in [6.45, 7) is 6.95. The molecule has 0 radical (unpaired) electrons. The molecule has 6 heteroatoms. The van der Waals surface area contributed by atoms with Gasteiger partial charge in [0.25, 0.3) is 5.91 Å². The zero-order valence-electron chi connectivity index (χ0n) is 18.3. The minimum absolute atomic E-state index is 0.127. The first-order chi connectivity index (χ1) is 15.2. The molecule has 1 aromatic carbocycles. The molecule has 2 saturated heterocycles. The number of hydrogen-bond acceptors (Lipinski definition) is 4. The predicted octanol–water partition coefficient (Wildman–Crippen LogP) is 4.04. The van der Waals surface area contributed by atoms with Crippen molar-refractivity contribution < 1.29 is 4.79 Å². The van der Waals surface area contributed by atoms with Crippen molar-refractivity contribution in [2.75, 3.05) is 26.2 Å². The van der Waals surface area contributed by atoms with Crippen molar-refractivity contribution in [3.63, 3.8) is 0 Å². The lowest BCUT2D eigenvalue weighted by Crippen LogP contribution is -2.48. The van der Waals surface area contributed by atoms with Crippen molar-refractivity contribution in [1.82, 2.24) is 24.8 Å². The lowest BCUT2D eigenvalue weighted by Gasteiger charge is -2.46. The maximum atomic E-state index is 13.3. The summed E-state index contributed by atoms with van der Waals surface area (Å²) >= 11 is 0. The van der Waals surface area contributed by atoms with E-state index < -0.39 is 0 Å². The van der Waals surface area contributed by atoms with Crippen molar-refractivity contribution in [2.45, 2.75) is 45.6 Å². The van der Waals surface area contributed by atoms with E-state index >= 15 is 0 Å². The summed E-state index contributed by atoms with van der Waals surface area (Å²) in [7, 11) is 0. The zero-order valence-corrected chi connectivity index (χ0v) is 18.3. The van der Waals surface area contributed by atoms with Crippen LogP contribution in [0.4, 0.5) is 0 Å². The number of piperidine rings is 2. The normalized spacial score (nSPS) is 19.2. The number of carbonyl (C=O) groups is 1. The lowest BCUT2D eigenvalue weighted by atomic mass is 9.71. The molecule has 0 aliphatic carbocycles. The van der Waals surface area contributed by atoms with Gasteiger partial charge in [-0.2, -0.15) is 0 Å². The van der Waals surface area contributed by atoms with E-state index in [1.807, 2.05) is 35.4 Å². The molecule has 0 saturated carbocycles. The largest absolute Gasteiger partial charge is 0.342 e. The molecule has 162 valence electrons. The molecule has 2 aliphatic rings. The molecular formula is C25H31N5O. The number of pyridine rings is 1. The molecule has 5 rings (SSSR count). The third kappa shape index (κ3) is 4.09. The smallest absolute Gasteiger partial charge is 0.256 e. The van der Waals surface area contributed by atoms with Crippen LogP contribution in [0.3, 0.4) is 0 Å². The van der Waals surface area contributed by atoms with Crippen LogP contribution in [0.5, 0.6) is 0 Å². The van der Waals surface area contributed by atoms with Crippen LogP contribution >= 0.6 is 0 Å². The van der Waals surface area contributed by atoms with Crippen LogP contribution in [-0.2, 0) is 13.0 Å². The average molecular weight is 418 g/mol. The van der Waals surface area contributed by atoms with Crippen LogP contribution in [0, 0.1) is 5.41 Å². The lowest BCUT2D eigenvalue weighted by molar-refractivity contribution is 0.0283. The monoisotopic (exact) mass is 417 g/mol. The molecule has 4 heterocycles. The first-order valence-electron chi connectivity index (χ1n) is 11.5. The van der Waals surface area contributed by atoms with Crippen molar-refractivity contribution in [3.8, 4) is 0 Å². The van der Waals surface area contributed by atoms with E-state index in [0.717, 1.165) is 80.1 Å². The van der Waals surface area contributed by atoms with Gasteiger partial charge in [-0.25, -0.2) is 4.98 Å². The van der Waals surface area contributed by atoms with Crippen LogP contribution in [0.15, 0.2) is 42.6 Å². The fourth-order valence-electron chi connectivity index (χ4n) is 5.18. The summed E-state index contributed by atoms with van der Waals surface area (Å²) in [5.74, 6) is 1.06. The fourth-order valence-corrected chi connectivity index (χ4v) is 5.18. The predicted molar refractivity (Wildman–Crippen MR) is 122 cm³/mol. The van der Waals surface area contributed by atoms with Gasteiger partial charge in [0.05, 0.1) is 16.8 Å². The highest BCUT2D eigenvalue weighted by molar-refractivity contribution is 6.04. The van der Waals surface area contributed by atoms with E-state index in [1.54, 1.807) is 0 Å². The van der Waals surface area contributed by atoms with Gasteiger partial charge in [-0.15, -0.1) is 0 Å². The number of likely N-dealkylation sites (tertiary alicyclic amines) is 2. The maximum absolute atomic E-state index is 13.3. The van der Waals surface area contributed by atoms with Gasteiger partial charge in [0.1, 0.15) is 11.3 Å². The Kier molecular flexibility index (Phi) is 5.48. The third-order valence-electron chi connectivity index (χ3n) is 7.27. The van der Waals surface area contributed by atoms with Gasteiger partial charge in [-0.05, 0) is 68.5 Å². The highest BCUT2D eigenvalue weighted by atomic mass is 16.2. The first-order valence-corrected chi connectivity index (χ1v) is 11.5. The summed E-state index contributed by atoms with van der Waals surface area (Å²) in [6.07, 6.45) is 7.36. The van der Waals surface area contributed by atoms with Crippen molar-refractivity contribution in [1.29, 1.82) is 0 Å². The number of aromatic amines is 1. The zero-order chi connectivity index (χ0) is 21.3. The van der Waals surface area contributed by atoms with E-state index in [4.69, 9.17) is 0 Å². The Balaban J connectivity index is 1.20. The molecule has 1 amide bonds. The van der Waals surface area contributed by atoms with Crippen molar-refractivity contribution in [2.24, 2.45) is 5.41 Å². The second-order valence-electron chi connectivity index (χ2n) is 9.13. The average Bonchev–Trinajstić information content (AvgIpc) is 3.25. The standard InChI is InChI=1S/C25H31N5O/c1-2-22-27-21-8-5-7-20(23(21)28-22)24(31)30-16-11-25(12-17-30)9-14-29(15-10-25)18-19-6-3-4-13-26-19/h3-8,13H,2,9-12,14-18H2,1H3,(H,27,28). The van der Waals surface area contributed by atoms with Gasteiger partial charge in [0.15, 0.2) is 0 Å². The van der Waals surface area contributed by atoms with Crippen molar-refractivity contribution in [3.05, 3.63) is 59.7 Å². The number of fused-ring (bicyclic) bond motifs is 1. The number of aromatic nitrogens is 3. The number of hydrogen-bond donors (Lipinski definition) is 1. The van der Waals surface area contributed by atoms with Gasteiger partial charge in [0.2, 0.25) is 0 Å². The molecule has 2 aliphatic heterocycles. The minimum Gasteiger partial charge on any atom is -0.342 e. The molecular weight excluding hydrogens is 386 g/mol. The Labute approximate surface area is 183 Å². The van der Waals surface area contributed by atoms with E-state index in [2.05, 4.69) is 38.9 Å². The van der Waals surface area contributed by atoms with Gasteiger partial charge < -0.3 is 9.88 Å². The Hall–Kier alpha value is -2.73. The number of benzene rings is 1. The van der Waals surface area contributed by atoms with Gasteiger partial charge >= 0.3 is 0 Å². The number of H-pyrrole nitrogens is 1. The van der Waals surface area contributed by atoms with Gasteiger partial charge in [0, 0.05) is 32.3 Å². The molecule has 3 aromatic rings. The Morgan fingerprint density at radius 3 is 2.52 bits per heavy atom. The maximum Gasteiger partial charge on any atom is 0.256 e. The Morgan fingerprint density at radius 1 is 1.03 bits per heavy atom.